The van der Waals surface area contributed by atoms with Crippen LogP contribution in [0.15, 0.2) is 30.3 Å². The average molecular weight is 240 g/mol. The highest BCUT2D eigenvalue weighted by molar-refractivity contribution is 5.92. The van der Waals surface area contributed by atoms with Crippen molar-refractivity contribution in [1.82, 2.24) is 5.32 Å². The molecular weight excluding hydrogens is 224 g/mol. The third kappa shape index (κ3) is 3.21. The lowest BCUT2D eigenvalue weighted by molar-refractivity contribution is -0.117. The first kappa shape index (κ1) is 12.4. The molecule has 1 fully saturated rings. The number of rotatable bonds is 3. The van der Waals surface area contributed by atoms with Gasteiger partial charge in [-0.3, -0.25) is 4.79 Å². The van der Waals surface area contributed by atoms with E-state index in [1.54, 1.807) is 12.1 Å². The van der Waals surface area contributed by atoms with Gasteiger partial charge in [0, 0.05) is 12.1 Å². The summed E-state index contributed by atoms with van der Waals surface area (Å²) in [4.78, 5) is 11.7. The molecule has 0 radical (unpaired) electrons. The zero-order valence-corrected chi connectivity index (χ0v) is 10.2. The highest BCUT2D eigenvalue weighted by Crippen LogP contribution is 2.17. The highest BCUT2D eigenvalue weighted by Gasteiger charge is 2.15. The normalized spacial score (nSPS) is 15.7. The fourth-order valence-electron chi connectivity index (χ4n) is 2.23. The Balaban J connectivity index is 1.97. The summed E-state index contributed by atoms with van der Waals surface area (Å²) in [6, 6.07) is 9.68. The minimum atomic E-state index is -0.0744. The number of nitriles is 1. The molecule has 0 bridgehead atoms. The van der Waals surface area contributed by atoms with Gasteiger partial charge >= 0.3 is 0 Å². The van der Waals surface area contributed by atoms with Crippen molar-refractivity contribution in [2.45, 2.75) is 31.7 Å². The summed E-state index contributed by atoms with van der Waals surface area (Å²) in [5.74, 6) is -0.0744. The molecule has 0 unspecified atom stereocenters. The van der Waals surface area contributed by atoms with E-state index in [4.69, 9.17) is 5.26 Å². The first-order valence-corrected chi connectivity index (χ1v) is 6.27. The molecule has 1 aliphatic carbocycles. The van der Waals surface area contributed by atoms with Crippen LogP contribution in [0.2, 0.25) is 0 Å². The molecule has 1 N–H and O–H groups in total. The van der Waals surface area contributed by atoms with Gasteiger partial charge in [-0.15, -0.1) is 0 Å². The SMILES string of the molecule is N#Cc1ccccc1/C=C/C(=O)NC1CCCC1. The van der Waals surface area contributed by atoms with Crippen LogP contribution in [0.4, 0.5) is 0 Å². The number of benzene rings is 1. The molecule has 1 amide bonds. The number of amides is 1. The summed E-state index contributed by atoms with van der Waals surface area (Å²) in [5.41, 5.74) is 1.36. The molecule has 92 valence electrons. The van der Waals surface area contributed by atoms with Crippen molar-refractivity contribution in [3.8, 4) is 6.07 Å². The van der Waals surface area contributed by atoms with E-state index in [0.717, 1.165) is 18.4 Å². The van der Waals surface area contributed by atoms with Gasteiger partial charge in [0.2, 0.25) is 5.91 Å². The smallest absolute Gasteiger partial charge is 0.244 e. The largest absolute Gasteiger partial charge is 0.350 e. The molecule has 2 rings (SSSR count). The number of nitrogens with one attached hydrogen (secondary N) is 1. The summed E-state index contributed by atoms with van der Waals surface area (Å²) in [6.45, 7) is 0. The maximum Gasteiger partial charge on any atom is 0.244 e. The summed E-state index contributed by atoms with van der Waals surface area (Å²) in [5, 5.41) is 11.9. The molecule has 1 aromatic carbocycles. The maximum absolute atomic E-state index is 11.7. The van der Waals surface area contributed by atoms with E-state index in [1.807, 2.05) is 18.2 Å². The van der Waals surface area contributed by atoms with Crippen LogP contribution in [-0.2, 0) is 4.79 Å². The van der Waals surface area contributed by atoms with Crippen LogP contribution >= 0.6 is 0 Å². The van der Waals surface area contributed by atoms with Gasteiger partial charge < -0.3 is 5.32 Å². The fraction of sp³-hybridized carbons (Fsp3) is 0.333. The molecule has 1 aromatic rings. The summed E-state index contributed by atoms with van der Waals surface area (Å²) < 4.78 is 0. The molecule has 0 saturated heterocycles. The Bertz CT molecular complexity index is 493. The second-order valence-corrected chi connectivity index (χ2v) is 4.52. The molecule has 1 saturated carbocycles. The molecule has 0 heterocycles. The third-order valence-corrected chi connectivity index (χ3v) is 3.20. The van der Waals surface area contributed by atoms with Crippen molar-refractivity contribution in [3.63, 3.8) is 0 Å². The van der Waals surface area contributed by atoms with Gasteiger partial charge in [0.15, 0.2) is 0 Å². The molecule has 0 atom stereocenters. The highest BCUT2D eigenvalue weighted by atomic mass is 16.1. The Hall–Kier alpha value is -2.08. The standard InChI is InChI=1S/C15H16N2O/c16-11-13-6-2-1-5-12(13)9-10-15(18)17-14-7-3-4-8-14/h1-2,5-6,9-10,14H,3-4,7-8H2,(H,17,18)/b10-9+. The van der Waals surface area contributed by atoms with E-state index in [2.05, 4.69) is 11.4 Å². The third-order valence-electron chi connectivity index (χ3n) is 3.20. The predicted molar refractivity (Wildman–Crippen MR) is 70.6 cm³/mol. The van der Waals surface area contributed by atoms with Crippen LogP contribution in [0.3, 0.4) is 0 Å². The van der Waals surface area contributed by atoms with Crippen LogP contribution < -0.4 is 5.32 Å². The lowest BCUT2D eigenvalue weighted by Crippen LogP contribution is -2.30. The quantitative estimate of drug-likeness (QED) is 0.826. The van der Waals surface area contributed by atoms with Gasteiger partial charge in [-0.05, 0) is 30.5 Å². The second kappa shape index (κ2) is 6.02. The van der Waals surface area contributed by atoms with E-state index in [0.29, 0.717) is 11.6 Å². The van der Waals surface area contributed by atoms with Crippen molar-refractivity contribution >= 4 is 12.0 Å². The topological polar surface area (TPSA) is 52.9 Å². The molecule has 0 aliphatic heterocycles. The fourth-order valence-corrected chi connectivity index (χ4v) is 2.23. The van der Waals surface area contributed by atoms with Gasteiger partial charge in [-0.25, -0.2) is 0 Å². The van der Waals surface area contributed by atoms with Crippen molar-refractivity contribution in [1.29, 1.82) is 5.26 Å². The molecule has 18 heavy (non-hydrogen) atoms. The second-order valence-electron chi connectivity index (χ2n) is 4.52. The number of carbonyl (C=O) groups is 1. The minimum Gasteiger partial charge on any atom is -0.350 e. The Kier molecular flexibility index (Phi) is 4.14. The van der Waals surface area contributed by atoms with Crippen LogP contribution in [0.1, 0.15) is 36.8 Å². The van der Waals surface area contributed by atoms with Crippen LogP contribution in [-0.4, -0.2) is 11.9 Å². The van der Waals surface area contributed by atoms with Gasteiger partial charge in [-0.1, -0.05) is 31.0 Å². The Morgan fingerprint density at radius 3 is 2.78 bits per heavy atom. The molecular formula is C15H16N2O. The number of nitrogens with zero attached hydrogens (tertiary/aromatic N) is 1. The average Bonchev–Trinajstić information content (AvgIpc) is 2.89. The zero-order chi connectivity index (χ0) is 12.8. The van der Waals surface area contributed by atoms with E-state index in [-0.39, 0.29) is 5.91 Å². The number of hydrogen-bond donors (Lipinski definition) is 1. The summed E-state index contributed by atoms with van der Waals surface area (Å²) in [6.07, 6.45) is 7.76. The first-order chi connectivity index (χ1) is 8.79. The number of carbonyl (C=O) groups excluding carboxylic acids is 1. The lowest BCUT2D eigenvalue weighted by atomic mass is 10.1. The molecule has 0 aromatic heterocycles. The maximum atomic E-state index is 11.7. The van der Waals surface area contributed by atoms with Crippen LogP contribution in [0.25, 0.3) is 6.08 Å². The lowest BCUT2D eigenvalue weighted by Gasteiger charge is -2.09. The molecule has 1 aliphatic rings. The van der Waals surface area contributed by atoms with Crippen molar-refractivity contribution in [2.24, 2.45) is 0 Å². The molecule has 0 spiro atoms. The van der Waals surface area contributed by atoms with Gasteiger partial charge in [0.05, 0.1) is 11.6 Å². The molecule has 3 heteroatoms. The Morgan fingerprint density at radius 2 is 2.06 bits per heavy atom. The van der Waals surface area contributed by atoms with E-state index < -0.39 is 0 Å². The Morgan fingerprint density at radius 1 is 1.33 bits per heavy atom. The molecule has 3 nitrogen and oxygen atoms in total. The van der Waals surface area contributed by atoms with Gasteiger partial charge in [0.1, 0.15) is 0 Å². The van der Waals surface area contributed by atoms with Crippen LogP contribution in [0, 0.1) is 11.3 Å². The zero-order valence-electron chi connectivity index (χ0n) is 10.2. The Labute approximate surface area is 107 Å². The van der Waals surface area contributed by atoms with Gasteiger partial charge in [0.25, 0.3) is 0 Å². The van der Waals surface area contributed by atoms with Gasteiger partial charge in [-0.2, -0.15) is 5.26 Å². The first-order valence-electron chi connectivity index (χ1n) is 6.27. The summed E-state index contributed by atoms with van der Waals surface area (Å²) >= 11 is 0. The van der Waals surface area contributed by atoms with Crippen molar-refractivity contribution in [2.75, 3.05) is 0 Å². The van der Waals surface area contributed by atoms with E-state index in [1.165, 1.54) is 18.9 Å². The minimum absolute atomic E-state index is 0.0744. The predicted octanol–water partition coefficient (Wildman–Crippen LogP) is 2.63. The number of hydrogen-bond acceptors (Lipinski definition) is 2. The van der Waals surface area contributed by atoms with Crippen molar-refractivity contribution < 1.29 is 4.79 Å². The summed E-state index contributed by atoms with van der Waals surface area (Å²) in [7, 11) is 0. The van der Waals surface area contributed by atoms with E-state index in [9.17, 15) is 4.79 Å². The van der Waals surface area contributed by atoms with Crippen LogP contribution in [0.5, 0.6) is 0 Å². The van der Waals surface area contributed by atoms with E-state index >= 15 is 0 Å². The monoisotopic (exact) mass is 240 g/mol. The van der Waals surface area contributed by atoms with Crippen molar-refractivity contribution in [3.05, 3.63) is 41.5 Å².